The molecule has 0 saturated heterocycles. The molecule has 0 amide bonds. The SMILES string of the molecule is O=Cc1c(C(=O)O)cc2c(C(F)(F)F)cc(-c3cn[nH]c3)cn12. The van der Waals surface area contributed by atoms with Crippen LogP contribution in [0.15, 0.2) is 30.7 Å². The van der Waals surface area contributed by atoms with Gasteiger partial charge in [-0.25, -0.2) is 4.79 Å². The molecular weight excluding hydrogens is 315 g/mol. The van der Waals surface area contributed by atoms with Crippen molar-refractivity contribution in [3.05, 3.63) is 47.5 Å². The molecule has 0 fully saturated rings. The first-order valence-electron chi connectivity index (χ1n) is 6.27. The van der Waals surface area contributed by atoms with Crippen LogP contribution < -0.4 is 0 Å². The van der Waals surface area contributed by atoms with E-state index in [1.165, 1.54) is 18.6 Å². The summed E-state index contributed by atoms with van der Waals surface area (Å²) in [7, 11) is 0. The van der Waals surface area contributed by atoms with E-state index in [0.717, 1.165) is 16.5 Å². The predicted octanol–water partition coefficient (Wildman–Crippen LogP) is 2.86. The number of hydrogen-bond donors (Lipinski definition) is 2. The van der Waals surface area contributed by atoms with Gasteiger partial charge in [0.05, 0.1) is 22.8 Å². The Bertz CT molecular complexity index is 911. The van der Waals surface area contributed by atoms with Crippen LogP contribution in [0.25, 0.3) is 16.6 Å². The Labute approximate surface area is 126 Å². The maximum atomic E-state index is 13.3. The lowest BCUT2D eigenvalue weighted by Gasteiger charge is -2.11. The van der Waals surface area contributed by atoms with E-state index in [2.05, 4.69) is 10.2 Å². The molecule has 0 aliphatic carbocycles. The van der Waals surface area contributed by atoms with Crippen molar-refractivity contribution in [2.45, 2.75) is 6.18 Å². The Hall–Kier alpha value is -3.10. The molecule has 23 heavy (non-hydrogen) atoms. The Morgan fingerprint density at radius 3 is 2.57 bits per heavy atom. The van der Waals surface area contributed by atoms with Gasteiger partial charge in [0, 0.05) is 23.5 Å². The molecule has 2 N–H and O–H groups in total. The molecular formula is C14H8F3N3O3. The number of hydrogen-bond acceptors (Lipinski definition) is 3. The van der Waals surface area contributed by atoms with Gasteiger partial charge in [0.25, 0.3) is 0 Å². The summed E-state index contributed by atoms with van der Waals surface area (Å²) in [6, 6.07) is 1.73. The van der Waals surface area contributed by atoms with E-state index in [1.807, 2.05) is 0 Å². The Kier molecular flexibility index (Phi) is 3.20. The lowest BCUT2D eigenvalue weighted by molar-refractivity contribution is -0.136. The first kappa shape index (κ1) is 14.8. The van der Waals surface area contributed by atoms with Crippen molar-refractivity contribution in [2.24, 2.45) is 0 Å². The normalized spacial score (nSPS) is 11.8. The molecule has 3 aromatic rings. The number of aromatic amines is 1. The highest BCUT2D eigenvalue weighted by atomic mass is 19.4. The molecule has 0 bridgehead atoms. The molecule has 0 radical (unpaired) electrons. The van der Waals surface area contributed by atoms with Gasteiger partial charge in [-0.15, -0.1) is 0 Å². The molecule has 3 rings (SSSR count). The van der Waals surface area contributed by atoms with Gasteiger partial charge in [-0.1, -0.05) is 0 Å². The van der Waals surface area contributed by atoms with E-state index in [4.69, 9.17) is 5.11 Å². The Balaban J connectivity index is 2.43. The van der Waals surface area contributed by atoms with Gasteiger partial charge in [0.15, 0.2) is 6.29 Å². The van der Waals surface area contributed by atoms with Gasteiger partial charge in [-0.3, -0.25) is 9.89 Å². The van der Waals surface area contributed by atoms with Crippen LogP contribution in [0.2, 0.25) is 0 Å². The highest BCUT2D eigenvalue weighted by molar-refractivity contribution is 5.99. The number of fused-ring (bicyclic) bond motifs is 1. The molecule has 0 aliphatic rings. The second kappa shape index (κ2) is 4.97. The standard InChI is InChI=1S/C14H8F3N3O3/c15-14(16,17)10-1-7(8-3-18-19-4-8)5-20-11(10)2-9(13(22)23)12(20)6-21/h1-6H,(H,18,19)(H,22,23). The fourth-order valence-corrected chi connectivity index (χ4v) is 2.38. The number of carboxylic acids is 1. The largest absolute Gasteiger partial charge is 0.478 e. The van der Waals surface area contributed by atoms with Crippen molar-refractivity contribution in [1.82, 2.24) is 14.6 Å². The molecule has 0 aromatic carbocycles. The number of aromatic carboxylic acids is 1. The van der Waals surface area contributed by atoms with Gasteiger partial charge < -0.3 is 9.51 Å². The molecule has 3 heterocycles. The molecule has 118 valence electrons. The van der Waals surface area contributed by atoms with Crippen molar-refractivity contribution in [2.75, 3.05) is 0 Å². The zero-order valence-electron chi connectivity index (χ0n) is 11.3. The lowest BCUT2D eigenvalue weighted by Crippen LogP contribution is -2.08. The zero-order chi connectivity index (χ0) is 16.8. The van der Waals surface area contributed by atoms with Crippen molar-refractivity contribution >= 4 is 17.8 Å². The number of aldehydes is 1. The van der Waals surface area contributed by atoms with Crippen LogP contribution in [0.4, 0.5) is 13.2 Å². The number of aromatic nitrogens is 3. The maximum absolute atomic E-state index is 13.3. The monoisotopic (exact) mass is 323 g/mol. The topological polar surface area (TPSA) is 87.5 Å². The van der Waals surface area contributed by atoms with E-state index in [9.17, 15) is 22.8 Å². The van der Waals surface area contributed by atoms with E-state index >= 15 is 0 Å². The third-order valence-corrected chi connectivity index (χ3v) is 3.40. The highest BCUT2D eigenvalue weighted by Gasteiger charge is 2.35. The number of H-pyrrole nitrogens is 1. The molecule has 0 aliphatic heterocycles. The summed E-state index contributed by atoms with van der Waals surface area (Å²) >= 11 is 0. The van der Waals surface area contributed by atoms with E-state index < -0.39 is 28.8 Å². The van der Waals surface area contributed by atoms with Crippen molar-refractivity contribution in [3.63, 3.8) is 0 Å². The van der Waals surface area contributed by atoms with Gasteiger partial charge in [-0.05, 0) is 12.1 Å². The fourth-order valence-electron chi connectivity index (χ4n) is 2.38. The lowest BCUT2D eigenvalue weighted by atomic mass is 10.1. The summed E-state index contributed by atoms with van der Waals surface area (Å²) in [5.41, 5.74) is -1.76. The van der Waals surface area contributed by atoms with E-state index in [-0.39, 0.29) is 17.5 Å². The second-order valence-corrected chi connectivity index (χ2v) is 4.75. The first-order valence-corrected chi connectivity index (χ1v) is 6.27. The van der Waals surface area contributed by atoms with Gasteiger partial charge in [0.1, 0.15) is 5.69 Å². The van der Waals surface area contributed by atoms with Gasteiger partial charge in [0.2, 0.25) is 0 Å². The Morgan fingerprint density at radius 1 is 1.30 bits per heavy atom. The fraction of sp³-hybridized carbons (Fsp3) is 0.0714. The molecule has 9 heteroatoms. The average molecular weight is 323 g/mol. The van der Waals surface area contributed by atoms with E-state index in [0.29, 0.717) is 5.56 Å². The second-order valence-electron chi connectivity index (χ2n) is 4.75. The molecule has 6 nitrogen and oxygen atoms in total. The molecule has 0 unspecified atom stereocenters. The minimum absolute atomic E-state index is 0.147. The minimum atomic E-state index is -4.71. The molecule has 0 spiro atoms. The van der Waals surface area contributed by atoms with Gasteiger partial charge >= 0.3 is 12.1 Å². The number of nitrogens with zero attached hydrogens (tertiary/aromatic N) is 2. The van der Waals surface area contributed by atoms with Crippen LogP contribution in [0.5, 0.6) is 0 Å². The van der Waals surface area contributed by atoms with Crippen molar-refractivity contribution < 1.29 is 27.9 Å². The minimum Gasteiger partial charge on any atom is -0.478 e. The van der Waals surface area contributed by atoms with Crippen LogP contribution in [0.3, 0.4) is 0 Å². The smallest absolute Gasteiger partial charge is 0.418 e. The number of pyridine rings is 1. The van der Waals surface area contributed by atoms with Crippen LogP contribution in [0.1, 0.15) is 26.4 Å². The number of rotatable bonds is 3. The van der Waals surface area contributed by atoms with Crippen LogP contribution in [-0.4, -0.2) is 32.0 Å². The number of alkyl halides is 3. The van der Waals surface area contributed by atoms with Crippen molar-refractivity contribution in [3.8, 4) is 11.1 Å². The van der Waals surface area contributed by atoms with E-state index in [1.54, 1.807) is 0 Å². The summed E-state index contributed by atoms with van der Waals surface area (Å²) in [4.78, 5) is 22.3. The average Bonchev–Trinajstić information content (AvgIpc) is 3.12. The van der Waals surface area contributed by atoms with Crippen molar-refractivity contribution in [1.29, 1.82) is 0 Å². The van der Waals surface area contributed by atoms with Gasteiger partial charge in [-0.2, -0.15) is 18.3 Å². The zero-order valence-corrected chi connectivity index (χ0v) is 11.3. The summed E-state index contributed by atoms with van der Waals surface area (Å²) < 4.78 is 40.9. The van der Waals surface area contributed by atoms with Crippen LogP contribution in [0, 0.1) is 0 Å². The predicted molar refractivity (Wildman–Crippen MR) is 72.3 cm³/mol. The molecule has 0 atom stereocenters. The number of carbonyl (C=O) groups is 2. The highest BCUT2D eigenvalue weighted by Crippen LogP contribution is 2.36. The molecule has 3 aromatic heterocycles. The summed E-state index contributed by atoms with van der Waals surface area (Å²) in [6.07, 6.45) is -0.510. The number of carbonyl (C=O) groups excluding carboxylic acids is 1. The maximum Gasteiger partial charge on any atom is 0.418 e. The summed E-state index contributed by atoms with van der Waals surface area (Å²) in [5, 5.41) is 15.2. The summed E-state index contributed by atoms with van der Waals surface area (Å²) in [5.74, 6) is -1.48. The third kappa shape index (κ3) is 2.35. The number of halogens is 3. The third-order valence-electron chi connectivity index (χ3n) is 3.40. The molecule has 0 saturated carbocycles. The quantitative estimate of drug-likeness (QED) is 0.726. The van der Waals surface area contributed by atoms with Crippen LogP contribution in [-0.2, 0) is 6.18 Å². The summed E-state index contributed by atoms with van der Waals surface area (Å²) in [6.45, 7) is 0. The number of nitrogens with one attached hydrogen (secondary N) is 1. The Morgan fingerprint density at radius 2 is 2.04 bits per heavy atom. The number of carboxylic acid groups (broad SMARTS) is 1. The van der Waals surface area contributed by atoms with Crippen LogP contribution >= 0.6 is 0 Å². The first-order chi connectivity index (χ1) is 10.8.